The number of imidazole rings is 1. The van der Waals surface area contributed by atoms with Crippen LogP contribution in [0.5, 0.6) is 0 Å². The number of hydrogen-bond donors (Lipinski definition) is 1. The number of nitrogens with zero attached hydrogens (tertiary/aromatic N) is 9. The van der Waals surface area contributed by atoms with Gasteiger partial charge in [-0.15, -0.1) is 5.10 Å². The van der Waals surface area contributed by atoms with Gasteiger partial charge in [0, 0.05) is 44.9 Å². The summed E-state index contributed by atoms with van der Waals surface area (Å²) in [5.74, 6) is -0.0432. The standard InChI is InChI=1S/C34H32F2N10O2/c1-19-39-27-8-4-6-23-26-7-5-9-31(41-26)40-21-13-29(34(47)43(2)17-22(48-3)18-44(19)32(23)27)45(16-21)30-15-37-42-33-24(30)14-38-46(33)28-11-10-20(35)12-25(28)36/h4-12,14-15,21-22,29H,13,16-18H2,1-3H3,(H,40,41)/t21-,22+,29-/m0/s1. The highest BCUT2D eigenvalue weighted by Crippen LogP contribution is 2.35. The van der Waals surface area contributed by atoms with Crippen molar-refractivity contribution in [3.63, 3.8) is 0 Å². The Morgan fingerprint density at radius 3 is 2.67 bits per heavy atom. The highest BCUT2D eigenvalue weighted by molar-refractivity contribution is 5.94. The molecule has 0 spiro atoms. The van der Waals surface area contributed by atoms with E-state index < -0.39 is 17.7 Å². The van der Waals surface area contributed by atoms with Crippen LogP contribution < -0.4 is 10.2 Å². The molecule has 1 amide bonds. The van der Waals surface area contributed by atoms with Crippen LogP contribution in [0.4, 0.5) is 20.3 Å². The number of aromatic nitrogens is 7. The smallest absolute Gasteiger partial charge is 0.245 e. The second kappa shape index (κ2) is 11.6. The number of rotatable bonds is 3. The van der Waals surface area contributed by atoms with Crippen LogP contribution in [-0.4, -0.2) is 90.8 Å². The molecule has 4 aromatic heterocycles. The third kappa shape index (κ3) is 4.99. The molecule has 0 radical (unpaired) electrons. The van der Waals surface area contributed by atoms with E-state index in [1.54, 1.807) is 31.5 Å². The fourth-order valence-corrected chi connectivity index (χ4v) is 6.99. The maximum absolute atomic E-state index is 14.8. The van der Waals surface area contributed by atoms with Crippen LogP contribution in [0.1, 0.15) is 12.2 Å². The summed E-state index contributed by atoms with van der Waals surface area (Å²) in [5, 5.41) is 17.0. The monoisotopic (exact) mass is 650 g/mol. The van der Waals surface area contributed by atoms with Gasteiger partial charge in [0.05, 0.1) is 52.8 Å². The van der Waals surface area contributed by atoms with Crippen LogP contribution in [0.25, 0.3) is 39.0 Å². The second-order valence-electron chi connectivity index (χ2n) is 12.3. The number of ether oxygens (including phenoxy) is 1. The molecule has 48 heavy (non-hydrogen) atoms. The van der Waals surface area contributed by atoms with Crippen molar-refractivity contribution >= 4 is 39.5 Å². The Morgan fingerprint density at radius 1 is 0.979 bits per heavy atom. The first-order chi connectivity index (χ1) is 23.3. The van der Waals surface area contributed by atoms with Gasteiger partial charge in [0.2, 0.25) is 5.91 Å². The van der Waals surface area contributed by atoms with Crippen molar-refractivity contribution in [2.75, 3.05) is 37.5 Å². The number of amides is 1. The number of halogens is 2. The maximum Gasteiger partial charge on any atom is 0.245 e. The van der Waals surface area contributed by atoms with Crippen LogP contribution in [0.15, 0.2) is 67.0 Å². The lowest BCUT2D eigenvalue weighted by molar-refractivity contribution is -0.132. The zero-order valence-electron chi connectivity index (χ0n) is 26.5. The fourth-order valence-electron chi connectivity index (χ4n) is 6.99. The van der Waals surface area contributed by atoms with Gasteiger partial charge in [0.25, 0.3) is 0 Å². The van der Waals surface area contributed by atoms with Crippen molar-refractivity contribution < 1.29 is 18.3 Å². The van der Waals surface area contributed by atoms with Gasteiger partial charge >= 0.3 is 0 Å². The lowest BCUT2D eigenvalue weighted by Gasteiger charge is -2.31. The molecule has 0 saturated carbocycles. The normalized spacial score (nSPS) is 19.9. The van der Waals surface area contributed by atoms with Gasteiger partial charge in [0.1, 0.15) is 29.2 Å². The molecule has 14 heteroatoms. The van der Waals surface area contributed by atoms with E-state index in [1.165, 1.54) is 10.7 Å². The minimum Gasteiger partial charge on any atom is -0.378 e. The lowest BCUT2D eigenvalue weighted by atomic mass is 10.1. The molecule has 0 aliphatic carbocycles. The van der Waals surface area contributed by atoms with Crippen LogP contribution in [0.2, 0.25) is 0 Å². The highest BCUT2D eigenvalue weighted by atomic mass is 19.1. The number of pyridine rings is 1. The molecule has 4 bridgehead atoms. The van der Waals surface area contributed by atoms with Crippen molar-refractivity contribution in [2.45, 2.75) is 38.1 Å². The van der Waals surface area contributed by atoms with Crippen LogP contribution in [-0.2, 0) is 16.1 Å². The van der Waals surface area contributed by atoms with E-state index in [9.17, 15) is 13.6 Å². The number of aryl methyl sites for hydroxylation is 1. The Morgan fingerprint density at radius 2 is 1.83 bits per heavy atom. The summed E-state index contributed by atoms with van der Waals surface area (Å²) in [5.41, 5.74) is 4.54. The third-order valence-electron chi connectivity index (χ3n) is 9.29. The number of para-hydroxylation sites is 1. The van der Waals surface area contributed by atoms with Gasteiger partial charge in [0.15, 0.2) is 11.5 Å². The SMILES string of the molecule is CO[C@@H]1CN(C)C(=O)[C@@H]2C[C@@H](CN2c2cnnc3c2cnn3-c2ccc(F)cc2F)Nc2cccc(n2)-c2cccc3nc(C)n(c23)C1. The minimum absolute atomic E-state index is 0.0381. The molecule has 2 aliphatic rings. The molecule has 3 atom stereocenters. The number of carbonyl (C=O) groups is 1. The third-order valence-corrected chi connectivity index (χ3v) is 9.29. The predicted octanol–water partition coefficient (Wildman–Crippen LogP) is 4.36. The van der Waals surface area contributed by atoms with Gasteiger partial charge in [-0.1, -0.05) is 18.2 Å². The van der Waals surface area contributed by atoms with Crippen LogP contribution in [0.3, 0.4) is 0 Å². The largest absolute Gasteiger partial charge is 0.378 e. The molecule has 8 rings (SSSR count). The van der Waals surface area contributed by atoms with Gasteiger partial charge in [-0.25, -0.2) is 23.4 Å². The number of nitrogens with one attached hydrogen (secondary N) is 1. The summed E-state index contributed by atoms with van der Waals surface area (Å²) in [7, 11) is 3.44. The van der Waals surface area contributed by atoms with Gasteiger partial charge < -0.3 is 24.4 Å². The van der Waals surface area contributed by atoms with Gasteiger partial charge in [-0.3, -0.25) is 4.79 Å². The molecular formula is C34H32F2N10O2. The van der Waals surface area contributed by atoms with Crippen molar-refractivity contribution in [2.24, 2.45) is 0 Å². The van der Waals surface area contributed by atoms with E-state index >= 15 is 0 Å². The van der Waals surface area contributed by atoms with Crippen molar-refractivity contribution in [3.05, 3.63) is 84.4 Å². The summed E-state index contributed by atoms with van der Waals surface area (Å²) in [6, 6.07) is 14.4. The molecule has 12 nitrogen and oxygen atoms in total. The summed E-state index contributed by atoms with van der Waals surface area (Å²) < 4.78 is 37.8. The van der Waals surface area contributed by atoms with E-state index in [4.69, 9.17) is 14.7 Å². The van der Waals surface area contributed by atoms with Gasteiger partial charge in [-0.2, -0.15) is 10.2 Å². The lowest BCUT2D eigenvalue weighted by Crippen LogP contribution is -2.47. The Balaban J connectivity index is 1.22. The number of anilines is 2. The minimum atomic E-state index is -0.780. The molecular weight excluding hydrogens is 618 g/mol. The fraction of sp³-hybridized carbons (Fsp3) is 0.294. The number of benzene rings is 2. The zero-order valence-corrected chi connectivity index (χ0v) is 26.5. The quantitative estimate of drug-likeness (QED) is 0.298. The summed E-state index contributed by atoms with van der Waals surface area (Å²) in [6.07, 6.45) is 3.32. The zero-order chi connectivity index (χ0) is 33.1. The van der Waals surface area contributed by atoms with E-state index in [-0.39, 0.29) is 29.4 Å². The summed E-state index contributed by atoms with van der Waals surface area (Å²) in [6.45, 7) is 3.24. The molecule has 1 N–H and O–H groups in total. The second-order valence-corrected chi connectivity index (χ2v) is 12.3. The molecule has 6 heterocycles. The van der Waals surface area contributed by atoms with Crippen LogP contribution in [0, 0.1) is 18.6 Å². The number of hydrogen-bond acceptors (Lipinski definition) is 9. The highest BCUT2D eigenvalue weighted by Gasteiger charge is 2.40. The van der Waals surface area contributed by atoms with E-state index in [0.29, 0.717) is 42.9 Å². The molecule has 2 aliphatic heterocycles. The predicted molar refractivity (Wildman–Crippen MR) is 176 cm³/mol. The number of methoxy groups -OCH3 is 1. The number of likely N-dealkylation sites (N-methyl/N-ethyl adjacent to an activating group) is 1. The summed E-state index contributed by atoms with van der Waals surface area (Å²) >= 11 is 0. The average Bonchev–Trinajstić information content (AvgIpc) is 3.79. The first-order valence-electron chi connectivity index (χ1n) is 15.7. The van der Waals surface area contributed by atoms with Crippen molar-refractivity contribution in [1.82, 2.24) is 39.4 Å². The molecule has 2 aromatic carbocycles. The first-order valence-corrected chi connectivity index (χ1v) is 15.7. The maximum atomic E-state index is 14.8. The molecule has 1 fully saturated rings. The summed E-state index contributed by atoms with van der Waals surface area (Å²) in [4.78, 5) is 27.9. The molecule has 244 valence electrons. The molecule has 0 unspecified atom stereocenters. The Hall–Kier alpha value is -5.50. The molecule has 6 aromatic rings. The Bertz CT molecular complexity index is 2200. The Labute approximate surface area is 274 Å². The topological polar surface area (TPSA) is 119 Å². The van der Waals surface area contributed by atoms with Crippen molar-refractivity contribution in [1.29, 1.82) is 0 Å². The van der Waals surface area contributed by atoms with Crippen LogP contribution >= 0.6 is 0 Å². The van der Waals surface area contributed by atoms with Gasteiger partial charge in [-0.05, 0) is 43.7 Å². The van der Waals surface area contributed by atoms with E-state index in [2.05, 4.69) is 31.2 Å². The average molecular weight is 651 g/mol. The first kappa shape index (κ1) is 29.9. The van der Waals surface area contributed by atoms with Crippen molar-refractivity contribution in [3.8, 4) is 16.9 Å². The Kier molecular flexibility index (Phi) is 7.24. The van der Waals surface area contributed by atoms with E-state index in [1.807, 2.05) is 42.2 Å². The number of carbonyl (C=O) groups excluding carboxylic acids is 1. The number of fused-ring (bicyclic) bond motifs is 6. The van der Waals surface area contributed by atoms with E-state index in [0.717, 1.165) is 40.2 Å². The molecule has 1 saturated heterocycles.